The number of nitro benzene ring substituents is 1. The van der Waals surface area contributed by atoms with E-state index in [1.165, 1.54) is 17.0 Å². The van der Waals surface area contributed by atoms with Gasteiger partial charge in [-0.05, 0) is 36.4 Å². The van der Waals surface area contributed by atoms with Crippen LogP contribution in [0.2, 0.25) is 0 Å². The van der Waals surface area contributed by atoms with Gasteiger partial charge in [-0.2, -0.15) is 4.39 Å². The summed E-state index contributed by atoms with van der Waals surface area (Å²) in [4.78, 5) is 47.5. The molecule has 0 saturated carbocycles. The molecule has 3 aromatic rings. The van der Waals surface area contributed by atoms with Crippen molar-refractivity contribution in [3.05, 3.63) is 74.9 Å². The quantitative estimate of drug-likeness (QED) is 0.400. The average Bonchev–Trinajstić information content (AvgIpc) is 3.10. The second-order valence-electron chi connectivity index (χ2n) is 6.79. The van der Waals surface area contributed by atoms with E-state index >= 15 is 0 Å². The van der Waals surface area contributed by atoms with Crippen molar-refractivity contribution in [2.45, 2.75) is 6.42 Å². The van der Waals surface area contributed by atoms with Gasteiger partial charge in [0.1, 0.15) is 5.58 Å². The number of rotatable bonds is 4. The molecule has 1 unspecified atom stereocenters. The van der Waals surface area contributed by atoms with Crippen molar-refractivity contribution in [2.75, 3.05) is 16.8 Å². The molecule has 1 N–H and O–H groups in total. The van der Waals surface area contributed by atoms with Crippen molar-refractivity contribution in [3.63, 3.8) is 0 Å². The number of nitrogens with one attached hydrogen (secondary N) is 1. The molecule has 2 aromatic carbocycles. The first-order chi connectivity index (χ1) is 14.3. The fourth-order valence-electron chi connectivity index (χ4n) is 3.34. The zero-order chi connectivity index (χ0) is 21.4. The summed E-state index contributed by atoms with van der Waals surface area (Å²) >= 11 is 0. The van der Waals surface area contributed by atoms with Crippen LogP contribution < -0.4 is 15.8 Å². The van der Waals surface area contributed by atoms with Crippen LogP contribution in [-0.4, -0.2) is 23.3 Å². The topological polar surface area (TPSA) is 123 Å². The lowest BCUT2D eigenvalue weighted by atomic mass is 10.1. The van der Waals surface area contributed by atoms with E-state index in [0.29, 0.717) is 16.7 Å². The van der Waals surface area contributed by atoms with Gasteiger partial charge in [0.25, 0.3) is 0 Å². The van der Waals surface area contributed by atoms with Gasteiger partial charge in [-0.15, -0.1) is 0 Å². The minimum absolute atomic E-state index is 0.00983. The average molecular weight is 411 g/mol. The van der Waals surface area contributed by atoms with Crippen LogP contribution in [0.5, 0.6) is 0 Å². The highest BCUT2D eigenvalue weighted by Crippen LogP contribution is 2.30. The molecule has 0 bridgehead atoms. The molecular formula is C20H14FN3O6. The fraction of sp³-hybridized carbons (Fsp3) is 0.150. The summed E-state index contributed by atoms with van der Waals surface area (Å²) in [6.45, 7) is 0.00983. The molecule has 1 aromatic heterocycles. The zero-order valence-corrected chi connectivity index (χ0v) is 15.3. The number of halogens is 1. The molecule has 4 rings (SSSR count). The molecule has 1 fully saturated rings. The maximum Gasteiger partial charge on any atom is 0.336 e. The van der Waals surface area contributed by atoms with E-state index in [2.05, 4.69) is 5.32 Å². The Balaban J connectivity index is 1.50. The molecule has 152 valence electrons. The van der Waals surface area contributed by atoms with Crippen LogP contribution in [0.3, 0.4) is 0 Å². The van der Waals surface area contributed by atoms with Crippen molar-refractivity contribution >= 4 is 39.8 Å². The Bertz CT molecular complexity index is 1250. The second kappa shape index (κ2) is 7.39. The minimum atomic E-state index is -1.00. The highest BCUT2D eigenvalue weighted by atomic mass is 19.1. The summed E-state index contributed by atoms with van der Waals surface area (Å²) in [5.41, 5.74) is -0.227. The molecule has 1 aliphatic rings. The molecule has 9 nitrogen and oxygen atoms in total. The molecule has 10 heteroatoms. The van der Waals surface area contributed by atoms with Gasteiger partial charge in [0.15, 0.2) is 0 Å². The van der Waals surface area contributed by atoms with Crippen LogP contribution in [0.1, 0.15) is 6.42 Å². The number of carbonyl (C=O) groups excluding carboxylic acids is 2. The first kappa shape index (κ1) is 19.2. The molecule has 30 heavy (non-hydrogen) atoms. The van der Waals surface area contributed by atoms with Crippen LogP contribution in [0, 0.1) is 21.8 Å². The first-order valence-corrected chi connectivity index (χ1v) is 8.91. The van der Waals surface area contributed by atoms with E-state index in [9.17, 15) is 28.9 Å². The molecule has 0 spiro atoms. The number of fused-ring (bicyclic) bond motifs is 1. The van der Waals surface area contributed by atoms with Crippen LogP contribution in [-0.2, 0) is 9.59 Å². The van der Waals surface area contributed by atoms with Crippen molar-refractivity contribution in [1.29, 1.82) is 0 Å². The van der Waals surface area contributed by atoms with Gasteiger partial charge in [0.2, 0.25) is 17.6 Å². The maximum absolute atomic E-state index is 13.6. The molecule has 1 aliphatic heterocycles. The number of anilines is 2. The Morgan fingerprint density at radius 1 is 1.17 bits per heavy atom. The first-order valence-electron chi connectivity index (χ1n) is 8.91. The van der Waals surface area contributed by atoms with Crippen molar-refractivity contribution in [1.82, 2.24) is 0 Å². The summed E-state index contributed by atoms with van der Waals surface area (Å²) in [5.74, 6) is -2.49. The van der Waals surface area contributed by atoms with Crippen LogP contribution in [0.15, 0.2) is 57.7 Å². The molecule has 1 saturated heterocycles. The predicted molar refractivity (Wildman–Crippen MR) is 105 cm³/mol. The van der Waals surface area contributed by atoms with Gasteiger partial charge in [-0.1, -0.05) is 0 Å². The molecular weight excluding hydrogens is 397 g/mol. The van der Waals surface area contributed by atoms with Crippen molar-refractivity contribution in [3.8, 4) is 0 Å². The third-order valence-corrected chi connectivity index (χ3v) is 4.82. The largest absolute Gasteiger partial charge is 0.423 e. The molecule has 2 amide bonds. The smallest absolute Gasteiger partial charge is 0.336 e. The standard InChI is InChI=1S/C20H14FN3O6/c21-15-4-3-14(9-16(15)24(28)29)23-10-12(8-18(23)25)20(27)22-13-2-5-17-11(7-13)1-6-19(26)30-17/h1-7,9,12H,8,10H2,(H,22,27). The Kier molecular flexibility index (Phi) is 4.74. The number of amides is 2. The van der Waals surface area contributed by atoms with Gasteiger partial charge in [-0.25, -0.2) is 4.79 Å². The van der Waals surface area contributed by atoms with Crippen LogP contribution in [0.25, 0.3) is 11.0 Å². The summed E-state index contributed by atoms with van der Waals surface area (Å²) < 4.78 is 18.6. The van der Waals surface area contributed by atoms with E-state index in [0.717, 1.165) is 12.1 Å². The lowest BCUT2D eigenvalue weighted by Gasteiger charge is -2.16. The number of nitrogens with zero attached hydrogens (tertiary/aromatic N) is 2. The van der Waals surface area contributed by atoms with Gasteiger partial charge >= 0.3 is 11.3 Å². The van der Waals surface area contributed by atoms with Gasteiger partial charge in [-0.3, -0.25) is 19.7 Å². The number of hydrogen-bond donors (Lipinski definition) is 1. The Morgan fingerprint density at radius 3 is 2.73 bits per heavy atom. The summed E-state index contributed by atoms with van der Waals surface area (Å²) in [7, 11) is 0. The lowest BCUT2D eigenvalue weighted by Crippen LogP contribution is -2.28. The van der Waals surface area contributed by atoms with E-state index < -0.39 is 39.8 Å². The second-order valence-corrected chi connectivity index (χ2v) is 6.79. The highest BCUT2D eigenvalue weighted by molar-refractivity contribution is 6.04. The maximum atomic E-state index is 13.6. The van der Waals surface area contributed by atoms with Gasteiger partial charge in [0, 0.05) is 36.2 Å². The molecule has 2 heterocycles. The normalized spacial score (nSPS) is 16.1. The van der Waals surface area contributed by atoms with Gasteiger partial charge < -0.3 is 14.6 Å². The van der Waals surface area contributed by atoms with Gasteiger partial charge in [0.05, 0.1) is 16.5 Å². The Morgan fingerprint density at radius 2 is 1.97 bits per heavy atom. The minimum Gasteiger partial charge on any atom is -0.423 e. The number of benzene rings is 2. The third-order valence-electron chi connectivity index (χ3n) is 4.82. The van der Waals surface area contributed by atoms with Crippen molar-refractivity contribution < 1.29 is 23.3 Å². The number of nitro groups is 1. The number of carbonyl (C=O) groups is 2. The summed E-state index contributed by atoms with van der Waals surface area (Å²) in [6.07, 6.45) is -0.0839. The predicted octanol–water partition coefficient (Wildman–Crippen LogP) is 2.83. The fourth-order valence-corrected chi connectivity index (χ4v) is 3.34. The van der Waals surface area contributed by atoms with E-state index in [-0.39, 0.29) is 18.7 Å². The van der Waals surface area contributed by atoms with E-state index in [1.807, 2.05) is 0 Å². The lowest BCUT2D eigenvalue weighted by molar-refractivity contribution is -0.387. The molecule has 0 radical (unpaired) electrons. The van der Waals surface area contributed by atoms with Crippen molar-refractivity contribution in [2.24, 2.45) is 5.92 Å². The Hall–Kier alpha value is -4.08. The number of hydrogen-bond acceptors (Lipinski definition) is 6. The SMILES string of the molecule is O=C(Nc1ccc2oc(=O)ccc2c1)C1CC(=O)N(c2ccc(F)c([N+](=O)[O-])c2)C1. The monoisotopic (exact) mass is 411 g/mol. The zero-order valence-electron chi connectivity index (χ0n) is 15.3. The summed E-state index contributed by atoms with van der Waals surface area (Å²) in [5, 5.41) is 14.3. The Labute approximate surface area is 167 Å². The highest BCUT2D eigenvalue weighted by Gasteiger charge is 2.36. The van der Waals surface area contributed by atoms with E-state index in [4.69, 9.17) is 4.42 Å². The van der Waals surface area contributed by atoms with Crippen LogP contribution in [0.4, 0.5) is 21.5 Å². The van der Waals surface area contributed by atoms with E-state index in [1.54, 1.807) is 24.3 Å². The molecule has 0 aliphatic carbocycles. The summed E-state index contributed by atoms with van der Waals surface area (Å²) in [6, 6.07) is 10.7. The van der Waals surface area contributed by atoms with Crippen LogP contribution >= 0.6 is 0 Å². The molecule has 1 atom stereocenters. The third kappa shape index (κ3) is 3.62.